The highest BCUT2D eigenvalue weighted by atomic mass is 16.6. The van der Waals surface area contributed by atoms with Gasteiger partial charge in [0.05, 0.1) is 25.6 Å². The summed E-state index contributed by atoms with van der Waals surface area (Å²) < 4.78 is 13.1. The highest BCUT2D eigenvalue weighted by Gasteiger charge is 2.76. The Balaban J connectivity index is 1.13. The summed E-state index contributed by atoms with van der Waals surface area (Å²) in [6, 6.07) is 2.88. The topological polar surface area (TPSA) is 196 Å². The van der Waals surface area contributed by atoms with Gasteiger partial charge in [0, 0.05) is 64.3 Å². The van der Waals surface area contributed by atoms with Crippen molar-refractivity contribution in [2.75, 3.05) is 46.8 Å². The maximum Gasteiger partial charge on any atom is 0.415 e. The fraction of sp³-hybridized carbons (Fsp3) is 0.667. The standard InChI is InChI=1S/C33H47N7O7/c1-19(41)38-22(5-4-13-37-30(34)35)29(43)36-14-15-39(2)31(44)46-24-9-8-21-17-25-33(45)11-10-23(42)28-32(33,26(21)27(24)47-28)12-16-40(25,3)18-20-6-7-20/h8-9,20,22,25,28,45H,4-7,10-18H2,1-3H3,(H5-,34,35,36,37,38,41,43)/p+1/t22-,25?,28-,32-,33+,40-/m0/s1. The molecule has 0 radical (unpaired) electrons. The number of likely N-dealkylation sites (N-methyl/N-ethyl adjacent to an activating group) is 2. The minimum absolute atomic E-state index is 0.0198. The Morgan fingerprint density at radius 1 is 1.23 bits per heavy atom. The lowest BCUT2D eigenvalue weighted by Gasteiger charge is -2.64. The predicted octanol–water partition coefficient (Wildman–Crippen LogP) is 0.279. The van der Waals surface area contributed by atoms with Crippen molar-refractivity contribution in [3.63, 3.8) is 0 Å². The van der Waals surface area contributed by atoms with Crippen LogP contribution >= 0.6 is 0 Å². The average molecular weight is 655 g/mol. The van der Waals surface area contributed by atoms with E-state index in [1.165, 1.54) is 24.7 Å². The third-order valence-electron chi connectivity index (χ3n) is 11.2. The number of carbonyl (C=O) groups excluding carboxylic acids is 4. The highest BCUT2D eigenvalue weighted by molar-refractivity contribution is 5.90. The number of Topliss-reactive ketones (excluding diaryl/α,β-unsaturated/α-hetero) is 1. The number of amides is 3. The Morgan fingerprint density at radius 3 is 2.70 bits per heavy atom. The number of aliphatic hydroxyl groups is 1. The summed E-state index contributed by atoms with van der Waals surface area (Å²) in [5.41, 5.74) is 5.21. The van der Waals surface area contributed by atoms with Crippen LogP contribution in [0.25, 0.3) is 0 Å². The Hall–Kier alpha value is -3.91. The Labute approximate surface area is 274 Å². The van der Waals surface area contributed by atoms with Crippen LogP contribution in [-0.4, -0.2) is 115 Å². The van der Waals surface area contributed by atoms with Crippen molar-refractivity contribution < 1.29 is 38.2 Å². The van der Waals surface area contributed by atoms with Crippen molar-refractivity contribution in [3.05, 3.63) is 23.3 Å². The number of quaternary nitrogens is 1. The van der Waals surface area contributed by atoms with E-state index >= 15 is 0 Å². The molecule has 1 unspecified atom stereocenters. The molecule has 14 nitrogen and oxygen atoms in total. The lowest BCUT2D eigenvalue weighted by molar-refractivity contribution is -0.950. The molecular formula is C33H48N7O7+. The fourth-order valence-electron chi connectivity index (χ4n) is 8.79. The number of nitrogens with one attached hydrogen (secondary N) is 4. The number of hydrogen-bond acceptors (Lipinski definition) is 8. The van der Waals surface area contributed by atoms with Crippen LogP contribution in [0.4, 0.5) is 4.79 Å². The van der Waals surface area contributed by atoms with Crippen molar-refractivity contribution in [1.29, 1.82) is 5.41 Å². The Morgan fingerprint density at radius 2 is 2.00 bits per heavy atom. The van der Waals surface area contributed by atoms with Crippen molar-refractivity contribution in [1.82, 2.24) is 20.9 Å². The zero-order valence-electron chi connectivity index (χ0n) is 27.5. The fourth-order valence-corrected chi connectivity index (χ4v) is 8.79. The third-order valence-corrected chi connectivity index (χ3v) is 11.2. The van der Waals surface area contributed by atoms with Crippen LogP contribution in [0.2, 0.25) is 0 Å². The van der Waals surface area contributed by atoms with Crippen LogP contribution in [0.15, 0.2) is 12.1 Å². The minimum Gasteiger partial charge on any atom is -0.477 e. The van der Waals surface area contributed by atoms with E-state index < -0.39 is 35.2 Å². The molecule has 1 spiro atoms. The van der Waals surface area contributed by atoms with E-state index in [0.29, 0.717) is 50.3 Å². The number of hydrogen-bond donors (Lipinski definition) is 6. The van der Waals surface area contributed by atoms with Crippen molar-refractivity contribution in [2.24, 2.45) is 11.7 Å². The number of nitrogens with zero attached hydrogens (tertiary/aromatic N) is 2. The van der Waals surface area contributed by atoms with Crippen molar-refractivity contribution in [3.8, 4) is 11.5 Å². The third kappa shape index (κ3) is 5.79. The summed E-state index contributed by atoms with van der Waals surface area (Å²) in [7, 11) is 3.82. The van der Waals surface area contributed by atoms with Gasteiger partial charge < -0.3 is 45.6 Å². The molecule has 3 fully saturated rings. The molecule has 256 valence electrons. The van der Waals surface area contributed by atoms with Crippen molar-refractivity contribution in [2.45, 2.75) is 87.5 Å². The van der Waals surface area contributed by atoms with Gasteiger partial charge in [-0.15, -0.1) is 0 Å². The first-order valence-electron chi connectivity index (χ1n) is 16.8. The summed E-state index contributed by atoms with van der Waals surface area (Å²) in [6.45, 7) is 3.86. The number of piperidine rings is 1. The van der Waals surface area contributed by atoms with Crippen LogP contribution < -0.4 is 31.2 Å². The van der Waals surface area contributed by atoms with E-state index in [-0.39, 0.29) is 49.0 Å². The zero-order chi connectivity index (χ0) is 33.7. The quantitative estimate of drug-likeness (QED) is 0.0794. The molecule has 6 rings (SSSR count). The van der Waals surface area contributed by atoms with Gasteiger partial charge in [0.1, 0.15) is 17.7 Å². The van der Waals surface area contributed by atoms with Crippen LogP contribution in [0.3, 0.4) is 0 Å². The Bertz CT molecular complexity index is 1480. The second-order valence-electron chi connectivity index (χ2n) is 14.4. The van der Waals surface area contributed by atoms with Gasteiger partial charge in [-0.1, -0.05) is 6.07 Å². The summed E-state index contributed by atoms with van der Waals surface area (Å²) in [4.78, 5) is 52.4. The van der Waals surface area contributed by atoms with Crippen LogP contribution in [0, 0.1) is 11.3 Å². The summed E-state index contributed by atoms with van der Waals surface area (Å²) in [5, 5.41) is 27.9. The molecule has 2 heterocycles. The molecule has 14 heteroatoms. The number of guanidine groups is 1. The van der Waals surface area contributed by atoms with Gasteiger partial charge in [0.2, 0.25) is 11.8 Å². The summed E-state index contributed by atoms with van der Waals surface area (Å²) in [6.07, 6.45) is 3.82. The molecule has 2 saturated carbocycles. The first kappa shape index (κ1) is 33.0. The molecular weight excluding hydrogens is 606 g/mol. The van der Waals surface area contributed by atoms with E-state index in [0.717, 1.165) is 28.7 Å². The SMILES string of the molecule is CC(=O)N[C@@H](CCCNC(=N)N)C(=O)NCCN(C)C(=O)Oc1ccc2c3c1O[C@H]1C(=O)CC[C@@]4(O)C(C2)[N@+](C)(CC2CC2)CC[C@]314. The van der Waals surface area contributed by atoms with E-state index in [1.807, 2.05) is 6.07 Å². The maximum absolute atomic E-state index is 13.4. The molecule has 2 aliphatic heterocycles. The van der Waals surface area contributed by atoms with Gasteiger partial charge in [-0.3, -0.25) is 19.8 Å². The summed E-state index contributed by atoms with van der Waals surface area (Å²) >= 11 is 0. The van der Waals surface area contributed by atoms with Crippen LogP contribution in [0.1, 0.15) is 63.0 Å². The van der Waals surface area contributed by atoms with E-state index in [2.05, 4.69) is 23.0 Å². The largest absolute Gasteiger partial charge is 0.477 e. The highest BCUT2D eigenvalue weighted by Crippen LogP contribution is 2.66. The lowest BCUT2D eigenvalue weighted by atomic mass is 9.48. The first-order chi connectivity index (χ1) is 22.3. The van der Waals surface area contributed by atoms with Gasteiger partial charge in [-0.05, 0) is 43.7 Å². The second kappa shape index (κ2) is 12.3. The lowest BCUT2D eigenvalue weighted by Crippen LogP contribution is -2.80. The maximum atomic E-state index is 13.4. The van der Waals surface area contributed by atoms with Crippen LogP contribution in [0.5, 0.6) is 11.5 Å². The molecule has 2 bridgehead atoms. The van der Waals surface area contributed by atoms with Gasteiger partial charge in [-0.2, -0.15) is 0 Å². The van der Waals surface area contributed by atoms with Crippen molar-refractivity contribution >= 4 is 29.7 Å². The van der Waals surface area contributed by atoms with Crippen LogP contribution in [-0.2, 0) is 26.2 Å². The normalized spacial score (nSPS) is 30.3. The molecule has 6 atom stereocenters. The molecule has 3 aliphatic carbocycles. The van der Waals surface area contributed by atoms with Gasteiger partial charge in [0.25, 0.3) is 0 Å². The molecule has 0 aromatic heterocycles. The minimum atomic E-state index is -1.09. The van der Waals surface area contributed by atoms with E-state index in [1.54, 1.807) is 13.1 Å². The molecule has 47 heavy (non-hydrogen) atoms. The zero-order valence-corrected chi connectivity index (χ0v) is 27.5. The number of nitrogens with two attached hydrogens (primary N) is 1. The molecule has 5 aliphatic rings. The predicted molar refractivity (Wildman–Crippen MR) is 171 cm³/mol. The van der Waals surface area contributed by atoms with Gasteiger partial charge >= 0.3 is 6.09 Å². The van der Waals surface area contributed by atoms with E-state index in [4.69, 9.17) is 20.6 Å². The first-order valence-corrected chi connectivity index (χ1v) is 16.8. The van der Waals surface area contributed by atoms with Gasteiger partial charge in [-0.25, -0.2) is 4.79 Å². The monoisotopic (exact) mass is 654 g/mol. The van der Waals surface area contributed by atoms with Gasteiger partial charge in [0.15, 0.2) is 29.3 Å². The van der Waals surface area contributed by atoms with E-state index in [9.17, 15) is 24.3 Å². The molecule has 1 aromatic rings. The average Bonchev–Trinajstić information content (AvgIpc) is 3.74. The second-order valence-corrected chi connectivity index (χ2v) is 14.4. The molecule has 3 amide bonds. The number of benzene rings is 1. The number of ketones is 1. The Kier molecular flexibility index (Phi) is 8.62. The number of ether oxygens (including phenoxy) is 2. The number of likely N-dealkylation sites (tertiary alicyclic amines) is 1. The number of rotatable bonds is 12. The summed E-state index contributed by atoms with van der Waals surface area (Å²) in [5.74, 6) is 0.366. The molecule has 1 saturated heterocycles. The molecule has 1 aromatic carbocycles. The number of carbonyl (C=O) groups is 4. The smallest absolute Gasteiger partial charge is 0.415 e. The molecule has 7 N–H and O–H groups in total.